The summed E-state index contributed by atoms with van der Waals surface area (Å²) in [5.41, 5.74) is 4.59. The molecule has 0 aliphatic carbocycles. The van der Waals surface area contributed by atoms with Gasteiger partial charge in [-0.2, -0.15) is 5.10 Å². The summed E-state index contributed by atoms with van der Waals surface area (Å²) in [6.45, 7) is 3.91. The van der Waals surface area contributed by atoms with Crippen molar-refractivity contribution in [2.75, 3.05) is 18.5 Å². The average molecular weight is 602 g/mol. The van der Waals surface area contributed by atoms with E-state index in [2.05, 4.69) is 38.4 Å². The third kappa shape index (κ3) is 7.50. The molecule has 36 heavy (non-hydrogen) atoms. The number of nitrogens with one attached hydrogen (secondary N) is 2. The maximum atomic E-state index is 12.3. The first-order valence-electron chi connectivity index (χ1n) is 10.8. The molecule has 0 radical (unpaired) electrons. The summed E-state index contributed by atoms with van der Waals surface area (Å²) in [5.74, 6) is -0.0727. The van der Waals surface area contributed by atoms with Crippen molar-refractivity contribution in [3.8, 4) is 11.5 Å². The molecular weight excluding hydrogens is 579 g/mol. The number of anilines is 1. The molecule has 0 atom stereocenters. The third-order valence-electron chi connectivity index (χ3n) is 4.68. The summed E-state index contributed by atoms with van der Waals surface area (Å²) >= 11 is 2.06. The zero-order chi connectivity index (χ0) is 26.1. The van der Waals surface area contributed by atoms with Crippen LogP contribution in [0.25, 0.3) is 0 Å². The molecular formula is C25H23IN4O6. The standard InChI is InChI=1S/C25H23IN4O6/c1-3-35-22-12-17(14-27-29-25(32)18-7-5-9-20(13-18)30(33)34)11-21(26)24(22)36-15-23(31)28-19-8-4-6-16(2)10-19/h4-14H,3,15H2,1-2H3,(H,28,31)(H,29,32)/b27-14+. The van der Waals surface area contributed by atoms with Gasteiger partial charge in [-0.15, -0.1) is 0 Å². The van der Waals surface area contributed by atoms with Gasteiger partial charge in [-0.1, -0.05) is 18.2 Å². The molecule has 0 spiro atoms. The zero-order valence-electron chi connectivity index (χ0n) is 19.5. The maximum absolute atomic E-state index is 12.3. The van der Waals surface area contributed by atoms with E-state index in [9.17, 15) is 19.7 Å². The highest BCUT2D eigenvalue weighted by atomic mass is 127. The van der Waals surface area contributed by atoms with Crippen molar-refractivity contribution in [3.63, 3.8) is 0 Å². The van der Waals surface area contributed by atoms with Crippen LogP contribution < -0.4 is 20.2 Å². The largest absolute Gasteiger partial charge is 0.490 e. The van der Waals surface area contributed by atoms with E-state index in [1.54, 1.807) is 18.2 Å². The molecule has 0 aliphatic heterocycles. The Morgan fingerprint density at radius 3 is 2.61 bits per heavy atom. The number of rotatable bonds is 10. The number of benzene rings is 3. The summed E-state index contributed by atoms with van der Waals surface area (Å²) in [4.78, 5) is 34.9. The van der Waals surface area contributed by atoms with Crippen LogP contribution in [0.5, 0.6) is 11.5 Å². The fraction of sp³-hybridized carbons (Fsp3) is 0.160. The summed E-state index contributed by atoms with van der Waals surface area (Å²) in [6.07, 6.45) is 1.41. The minimum absolute atomic E-state index is 0.110. The maximum Gasteiger partial charge on any atom is 0.271 e. The van der Waals surface area contributed by atoms with E-state index in [-0.39, 0.29) is 23.8 Å². The highest BCUT2D eigenvalue weighted by molar-refractivity contribution is 14.1. The number of hydrazone groups is 1. The van der Waals surface area contributed by atoms with Crippen LogP contribution in [-0.2, 0) is 4.79 Å². The van der Waals surface area contributed by atoms with Gasteiger partial charge in [0.25, 0.3) is 17.5 Å². The Labute approximate surface area is 221 Å². The van der Waals surface area contributed by atoms with Gasteiger partial charge in [0.2, 0.25) is 0 Å². The van der Waals surface area contributed by atoms with Gasteiger partial charge in [0, 0.05) is 23.4 Å². The molecule has 0 aromatic heterocycles. The van der Waals surface area contributed by atoms with Crippen LogP contribution in [0.15, 0.2) is 65.8 Å². The number of ether oxygens (including phenoxy) is 2. The van der Waals surface area contributed by atoms with Crippen LogP contribution in [-0.4, -0.2) is 36.2 Å². The second kappa shape index (κ2) is 12.6. The van der Waals surface area contributed by atoms with E-state index in [1.807, 2.05) is 32.0 Å². The number of nitrogens with zero attached hydrogens (tertiary/aromatic N) is 2. The van der Waals surface area contributed by atoms with Crippen molar-refractivity contribution in [2.45, 2.75) is 13.8 Å². The quantitative estimate of drug-likeness (QED) is 0.150. The monoisotopic (exact) mass is 602 g/mol. The highest BCUT2D eigenvalue weighted by Crippen LogP contribution is 2.34. The molecule has 3 aromatic rings. The third-order valence-corrected chi connectivity index (χ3v) is 5.48. The molecule has 0 fully saturated rings. The Balaban J connectivity index is 1.67. The normalized spacial score (nSPS) is 10.6. The number of nitro benzene ring substituents is 1. The lowest BCUT2D eigenvalue weighted by Crippen LogP contribution is -2.20. The molecule has 0 saturated heterocycles. The lowest BCUT2D eigenvalue weighted by molar-refractivity contribution is -0.384. The molecule has 0 bridgehead atoms. The van der Waals surface area contributed by atoms with Gasteiger partial charge in [0.05, 0.1) is 21.3 Å². The van der Waals surface area contributed by atoms with Crippen molar-refractivity contribution in [1.29, 1.82) is 0 Å². The van der Waals surface area contributed by atoms with Crippen LogP contribution in [0, 0.1) is 20.6 Å². The summed E-state index contributed by atoms with van der Waals surface area (Å²) in [6, 6.07) is 16.2. The Bertz CT molecular complexity index is 1310. The topological polar surface area (TPSA) is 132 Å². The number of carbonyl (C=O) groups excluding carboxylic acids is 2. The predicted octanol–water partition coefficient (Wildman–Crippen LogP) is 4.69. The van der Waals surface area contributed by atoms with E-state index in [0.717, 1.165) is 5.56 Å². The predicted molar refractivity (Wildman–Crippen MR) is 144 cm³/mol. The molecule has 3 aromatic carbocycles. The second-order valence-electron chi connectivity index (χ2n) is 7.48. The number of halogens is 1. The van der Waals surface area contributed by atoms with E-state index < -0.39 is 10.8 Å². The number of nitro groups is 1. The Hall–Kier alpha value is -4.00. The zero-order valence-corrected chi connectivity index (χ0v) is 21.6. The molecule has 2 amide bonds. The van der Waals surface area contributed by atoms with Crippen LogP contribution in [0.4, 0.5) is 11.4 Å². The SMILES string of the molecule is CCOc1cc(/C=N/NC(=O)c2cccc([N+](=O)[O-])c2)cc(I)c1OCC(=O)Nc1cccc(C)c1. The molecule has 2 N–H and O–H groups in total. The Morgan fingerprint density at radius 1 is 1.11 bits per heavy atom. The molecule has 11 heteroatoms. The lowest BCUT2D eigenvalue weighted by atomic mass is 10.2. The molecule has 0 aliphatic rings. The van der Waals surface area contributed by atoms with Gasteiger partial charge in [-0.25, -0.2) is 5.43 Å². The minimum Gasteiger partial charge on any atom is -0.490 e. The van der Waals surface area contributed by atoms with Crippen molar-refractivity contribution in [3.05, 3.63) is 91.0 Å². The van der Waals surface area contributed by atoms with E-state index >= 15 is 0 Å². The molecule has 0 saturated carbocycles. The number of aryl methyl sites for hydroxylation is 1. The van der Waals surface area contributed by atoms with Gasteiger partial charge in [0.15, 0.2) is 18.1 Å². The van der Waals surface area contributed by atoms with Crippen LogP contribution in [0.2, 0.25) is 0 Å². The summed E-state index contributed by atoms with van der Waals surface area (Å²) in [5, 5.41) is 17.6. The number of non-ortho nitro benzene ring substituents is 1. The first kappa shape index (κ1) is 26.6. The van der Waals surface area contributed by atoms with Gasteiger partial charge in [-0.3, -0.25) is 19.7 Å². The van der Waals surface area contributed by atoms with Gasteiger partial charge in [0.1, 0.15) is 0 Å². The van der Waals surface area contributed by atoms with Gasteiger partial charge in [-0.05, 0) is 77.9 Å². The van der Waals surface area contributed by atoms with Crippen LogP contribution >= 0.6 is 22.6 Å². The highest BCUT2D eigenvalue weighted by Gasteiger charge is 2.15. The first-order valence-corrected chi connectivity index (χ1v) is 11.9. The molecule has 3 rings (SSSR count). The Morgan fingerprint density at radius 2 is 1.89 bits per heavy atom. The smallest absolute Gasteiger partial charge is 0.271 e. The second-order valence-corrected chi connectivity index (χ2v) is 8.64. The number of hydrogen-bond donors (Lipinski definition) is 2. The number of carbonyl (C=O) groups is 2. The molecule has 0 heterocycles. The lowest BCUT2D eigenvalue weighted by Gasteiger charge is -2.14. The average Bonchev–Trinajstić information content (AvgIpc) is 2.83. The molecule has 10 nitrogen and oxygen atoms in total. The van der Waals surface area contributed by atoms with Crippen molar-refractivity contribution < 1.29 is 24.0 Å². The van der Waals surface area contributed by atoms with Crippen molar-refractivity contribution >= 4 is 52.0 Å². The summed E-state index contributed by atoms with van der Waals surface area (Å²) in [7, 11) is 0. The fourth-order valence-electron chi connectivity index (χ4n) is 3.11. The van der Waals surface area contributed by atoms with Crippen LogP contribution in [0.1, 0.15) is 28.4 Å². The van der Waals surface area contributed by atoms with Gasteiger partial charge < -0.3 is 14.8 Å². The van der Waals surface area contributed by atoms with Crippen molar-refractivity contribution in [1.82, 2.24) is 5.43 Å². The van der Waals surface area contributed by atoms with Crippen LogP contribution in [0.3, 0.4) is 0 Å². The van der Waals surface area contributed by atoms with E-state index in [4.69, 9.17) is 9.47 Å². The van der Waals surface area contributed by atoms with E-state index in [0.29, 0.717) is 32.9 Å². The molecule has 186 valence electrons. The minimum atomic E-state index is -0.589. The molecule has 0 unspecified atom stereocenters. The fourth-order valence-corrected chi connectivity index (χ4v) is 3.89. The summed E-state index contributed by atoms with van der Waals surface area (Å²) < 4.78 is 12.1. The van der Waals surface area contributed by atoms with E-state index in [1.165, 1.54) is 30.5 Å². The van der Waals surface area contributed by atoms with Gasteiger partial charge >= 0.3 is 0 Å². The first-order chi connectivity index (χ1) is 17.3. The Kier molecular flexibility index (Phi) is 9.33. The van der Waals surface area contributed by atoms with Crippen molar-refractivity contribution in [2.24, 2.45) is 5.10 Å². The number of amides is 2. The number of hydrogen-bond acceptors (Lipinski definition) is 7.